The van der Waals surface area contributed by atoms with Crippen LogP contribution in [0.1, 0.15) is 25.5 Å². The van der Waals surface area contributed by atoms with Crippen LogP contribution in [0.25, 0.3) is 0 Å². The van der Waals surface area contributed by atoms with Crippen LogP contribution < -0.4 is 9.47 Å². The van der Waals surface area contributed by atoms with Crippen LogP contribution in [0.5, 0.6) is 11.5 Å². The zero-order valence-electron chi connectivity index (χ0n) is 12.8. The second kappa shape index (κ2) is 7.84. The van der Waals surface area contributed by atoms with Gasteiger partial charge in [0.05, 0.1) is 30.8 Å². The van der Waals surface area contributed by atoms with Crippen molar-refractivity contribution in [1.29, 1.82) is 0 Å². The summed E-state index contributed by atoms with van der Waals surface area (Å²) in [4.78, 5) is 22.2. The van der Waals surface area contributed by atoms with E-state index in [4.69, 9.17) is 25.8 Å². The number of nitro groups is 1. The number of esters is 1. The maximum atomic E-state index is 11.5. The Kier molecular flexibility index (Phi) is 6.42. The minimum Gasteiger partial charge on any atom is -0.493 e. The molecule has 0 spiro atoms. The van der Waals surface area contributed by atoms with E-state index in [1.807, 2.05) is 0 Å². The van der Waals surface area contributed by atoms with Crippen LogP contribution >= 0.6 is 11.6 Å². The van der Waals surface area contributed by atoms with Gasteiger partial charge in [0.1, 0.15) is 12.0 Å². The second-order valence-electron chi connectivity index (χ2n) is 4.81. The van der Waals surface area contributed by atoms with Gasteiger partial charge in [0, 0.05) is 0 Å². The SMILES string of the molecule is COc1cc(C(OC(=O)CCl)C(C)C)c([N+](=O)[O-])cc1OC. The average molecular weight is 332 g/mol. The predicted molar refractivity (Wildman–Crippen MR) is 80.6 cm³/mol. The molecule has 8 heteroatoms. The van der Waals surface area contributed by atoms with Crippen molar-refractivity contribution in [1.82, 2.24) is 0 Å². The van der Waals surface area contributed by atoms with Gasteiger partial charge in [0.25, 0.3) is 5.69 Å². The van der Waals surface area contributed by atoms with E-state index in [1.165, 1.54) is 26.4 Å². The van der Waals surface area contributed by atoms with Crippen molar-refractivity contribution in [2.45, 2.75) is 20.0 Å². The molecule has 1 aromatic rings. The molecule has 0 saturated heterocycles. The van der Waals surface area contributed by atoms with Crippen LogP contribution in [0.2, 0.25) is 0 Å². The third-order valence-electron chi connectivity index (χ3n) is 3.01. The average Bonchev–Trinajstić information content (AvgIpc) is 2.50. The molecule has 0 heterocycles. The first-order chi connectivity index (χ1) is 10.3. The Labute approximate surface area is 133 Å². The molecule has 0 N–H and O–H groups in total. The molecule has 0 aliphatic rings. The Hall–Kier alpha value is -2.02. The largest absolute Gasteiger partial charge is 0.493 e. The third kappa shape index (κ3) is 4.00. The van der Waals surface area contributed by atoms with E-state index in [2.05, 4.69) is 0 Å². The predicted octanol–water partition coefficient (Wildman–Crippen LogP) is 3.09. The van der Waals surface area contributed by atoms with Crippen LogP contribution in [0.15, 0.2) is 12.1 Å². The van der Waals surface area contributed by atoms with Gasteiger partial charge in [-0.15, -0.1) is 11.6 Å². The Morgan fingerprint density at radius 2 is 1.82 bits per heavy atom. The molecule has 0 amide bonds. The highest BCUT2D eigenvalue weighted by Gasteiger charge is 2.30. The van der Waals surface area contributed by atoms with Crippen molar-refractivity contribution < 1.29 is 23.9 Å². The first kappa shape index (κ1) is 18.0. The van der Waals surface area contributed by atoms with Gasteiger partial charge in [-0.05, 0) is 12.0 Å². The number of carbonyl (C=O) groups excluding carboxylic acids is 1. The number of rotatable bonds is 7. The van der Waals surface area contributed by atoms with Crippen LogP contribution in [0.3, 0.4) is 0 Å². The summed E-state index contributed by atoms with van der Waals surface area (Å²) < 4.78 is 15.5. The lowest BCUT2D eigenvalue weighted by Crippen LogP contribution is -2.18. The summed E-state index contributed by atoms with van der Waals surface area (Å²) >= 11 is 5.44. The van der Waals surface area contributed by atoms with E-state index in [0.29, 0.717) is 5.75 Å². The molecule has 1 atom stereocenters. The number of hydrogen-bond acceptors (Lipinski definition) is 6. The van der Waals surface area contributed by atoms with Crippen molar-refractivity contribution >= 4 is 23.3 Å². The highest BCUT2D eigenvalue weighted by Crippen LogP contribution is 2.40. The number of alkyl halides is 1. The highest BCUT2D eigenvalue weighted by atomic mass is 35.5. The number of methoxy groups -OCH3 is 2. The van der Waals surface area contributed by atoms with Gasteiger partial charge in [0.15, 0.2) is 11.5 Å². The van der Waals surface area contributed by atoms with Crippen molar-refractivity contribution in [3.63, 3.8) is 0 Å². The Bertz CT molecular complexity index is 561. The molecule has 0 saturated carbocycles. The Morgan fingerprint density at radius 1 is 1.27 bits per heavy atom. The quantitative estimate of drug-likeness (QED) is 0.330. The molecular formula is C14H18ClNO6. The summed E-state index contributed by atoms with van der Waals surface area (Å²) in [5, 5.41) is 11.3. The van der Waals surface area contributed by atoms with E-state index < -0.39 is 17.0 Å². The third-order valence-corrected chi connectivity index (χ3v) is 3.23. The number of hydrogen-bond donors (Lipinski definition) is 0. The smallest absolute Gasteiger partial charge is 0.321 e. The summed E-state index contributed by atoms with van der Waals surface area (Å²) in [5.41, 5.74) is 0.0230. The zero-order valence-corrected chi connectivity index (χ0v) is 13.5. The van der Waals surface area contributed by atoms with E-state index in [-0.39, 0.29) is 28.8 Å². The summed E-state index contributed by atoms with van der Waals surface area (Å²) in [6.07, 6.45) is -0.813. The monoisotopic (exact) mass is 331 g/mol. The lowest BCUT2D eigenvalue weighted by molar-refractivity contribution is -0.386. The number of nitrogens with zero attached hydrogens (tertiary/aromatic N) is 1. The summed E-state index contributed by atoms with van der Waals surface area (Å²) in [5.74, 6) is -0.627. The lowest BCUT2D eigenvalue weighted by atomic mass is 9.96. The molecule has 0 aromatic heterocycles. The van der Waals surface area contributed by atoms with E-state index in [9.17, 15) is 14.9 Å². The molecule has 0 aliphatic carbocycles. The van der Waals surface area contributed by atoms with Crippen LogP contribution in [-0.2, 0) is 9.53 Å². The molecule has 1 rings (SSSR count). The standard InChI is InChI=1S/C14H18ClNO6/c1-8(2)14(22-13(17)7-15)9-5-11(20-3)12(21-4)6-10(9)16(18)19/h5-6,8,14H,7H2,1-4H3. The van der Waals surface area contributed by atoms with Gasteiger partial charge in [-0.2, -0.15) is 0 Å². The first-order valence-electron chi connectivity index (χ1n) is 6.51. The van der Waals surface area contributed by atoms with Gasteiger partial charge in [-0.3, -0.25) is 14.9 Å². The van der Waals surface area contributed by atoms with Gasteiger partial charge < -0.3 is 14.2 Å². The van der Waals surface area contributed by atoms with Crippen molar-refractivity contribution in [2.75, 3.05) is 20.1 Å². The maximum Gasteiger partial charge on any atom is 0.321 e. The number of benzene rings is 1. The van der Waals surface area contributed by atoms with E-state index in [1.54, 1.807) is 13.8 Å². The zero-order chi connectivity index (χ0) is 16.9. The normalized spacial score (nSPS) is 11.9. The molecule has 1 unspecified atom stereocenters. The molecule has 7 nitrogen and oxygen atoms in total. The minimum absolute atomic E-state index is 0.191. The fourth-order valence-corrected chi connectivity index (χ4v) is 2.06. The van der Waals surface area contributed by atoms with Crippen molar-refractivity contribution in [3.05, 3.63) is 27.8 Å². The highest BCUT2D eigenvalue weighted by molar-refractivity contribution is 6.26. The van der Waals surface area contributed by atoms with Gasteiger partial charge in [0.2, 0.25) is 0 Å². The molecule has 122 valence electrons. The van der Waals surface area contributed by atoms with Crippen molar-refractivity contribution in [3.8, 4) is 11.5 Å². The molecule has 0 radical (unpaired) electrons. The van der Waals surface area contributed by atoms with E-state index >= 15 is 0 Å². The maximum absolute atomic E-state index is 11.5. The fraction of sp³-hybridized carbons (Fsp3) is 0.500. The van der Waals surface area contributed by atoms with Crippen molar-refractivity contribution in [2.24, 2.45) is 5.92 Å². The fourth-order valence-electron chi connectivity index (χ4n) is 2.00. The first-order valence-corrected chi connectivity index (χ1v) is 7.04. The van der Waals surface area contributed by atoms with E-state index in [0.717, 1.165) is 0 Å². The summed E-state index contributed by atoms with van der Waals surface area (Å²) in [6, 6.07) is 2.70. The molecule has 22 heavy (non-hydrogen) atoms. The van der Waals surface area contributed by atoms with Crippen LogP contribution in [0, 0.1) is 16.0 Å². The molecule has 0 bridgehead atoms. The van der Waals surface area contributed by atoms with Gasteiger partial charge >= 0.3 is 5.97 Å². The minimum atomic E-state index is -0.813. The summed E-state index contributed by atoms with van der Waals surface area (Å²) in [6.45, 7) is 3.57. The molecule has 1 aromatic carbocycles. The molecule has 0 aliphatic heterocycles. The number of carbonyl (C=O) groups is 1. The Balaban J connectivity index is 3.45. The lowest BCUT2D eigenvalue weighted by Gasteiger charge is -2.22. The molecular weight excluding hydrogens is 314 g/mol. The number of nitro benzene ring substituents is 1. The van der Waals surface area contributed by atoms with Gasteiger partial charge in [-0.1, -0.05) is 13.8 Å². The number of halogens is 1. The number of ether oxygens (including phenoxy) is 3. The topological polar surface area (TPSA) is 87.9 Å². The Morgan fingerprint density at radius 3 is 2.23 bits per heavy atom. The molecule has 0 fully saturated rings. The van der Waals surface area contributed by atoms with Gasteiger partial charge in [-0.25, -0.2) is 0 Å². The van der Waals surface area contributed by atoms with Crippen LogP contribution in [0.4, 0.5) is 5.69 Å². The second-order valence-corrected chi connectivity index (χ2v) is 5.08. The summed E-state index contributed by atoms with van der Waals surface area (Å²) in [7, 11) is 2.80. The van der Waals surface area contributed by atoms with Crippen LogP contribution in [-0.4, -0.2) is 31.0 Å².